The van der Waals surface area contributed by atoms with Crippen LogP contribution in [0.1, 0.15) is 5.56 Å². The molecule has 0 unspecified atom stereocenters. The molecule has 0 heterocycles. The number of nitrogens with zero attached hydrogens (tertiary/aromatic N) is 1. The summed E-state index contributed by atoms with van der Waals surface area (Å²) in [7, 11) is 1.65. The summed E-state index contributed by atoms with van der Waals surface area (Å²) < 4.78 is 5.03. The van der Waals surface area contributed by atoms with Crippen LogP contribution in [0.4, 0.5) is 0 Å². The van der Waals surface area contributed by atoms with Crippen molar-refractivity contribution in [1.29, 1.82) is 5.26 Å². The molecule has 1 rings (SSSR count). The molecule has 0 aliphatic rings. The fourth-order valence-corrected chi connectivity index (χ4v) is 1.05. The van der Waals surface area contributed by atoms with Crippen LogP contribution < -0.4 is 10.1 Å². The molecule has 0 bridgehead atoms. The number of methoxy groups -OCH3 is 1. The molecule has 0 spiro atoms. The Morgan fingerprint density at radius 2 is 2.08 bits per heavy atom. The second-order valence-corrected chi connectivity index (χ2v) is 2.64. The van der Waals surface area contributed by atoms with Crippen molar-refractivity contribution in [2.75, 3.05) is 13.7 Å². The summed E-state index contributed by atoms with van der Waals surface area (Å²) in [5.74, 6) is 0.858. The summed E-state index contributed by atoms with van der Waals surface area (Å²) in [6.07, 6.45) is 2.74. The van der Waals surface area contributed by atoms with Gasteiger partial charge in [-0.25, -0.2) is 0 Å². The van der Waals surface area contributed by atoms with Crippen molar-refractivity contribution >= 4 is 0 Å². The minimum absolute atomic E-state index is 0.683. The molecule has 0 aliphatic carbocycles. The molecule has 0 radical (unpaired) electrons. The summed E-state index contributed by atoms with van der Waals surface area (Å²) in [4.78, 5) is 0. The third-order valence-corrected chi connectivity index (χ3v) is 1.78. The molecular formula is C10H12N2O. The largest absolute Gasteiger partial charge is 0.497 e. The van der Waals surface area contributed by atoms with E-state index in [1.54, 1.807) is 7.11 Å². The van der Waals surface area contributed by atoms with E-state index in [2.05, 4.69) is 5.32 Å². The Kier molecular flexibility index (Phi) is 3.65. The first kappa shape index (κ1) is 9.40. The Bertz CT molecular complexity index is 287. The van der Waals surface area contributed by atoms with Crippen molar-refractivity contribution in [2.45, 2.75) is 6.42 Å². The summed E-state index contributed by atoms with van der Waals surface area (Å²) in [6.45, 7) is 0.683. The van der Waals surface area contributed by atoms with Crippen LogP contribution >= 0.6 is 0 Å². The van der Waals surface area contributed by atoms with Gasteiger partial charge in [-0.15, -0.1) is 0 Å². The highest BCUT2D eigenvalue weighted by Gasteiger charge is 1.93. The minimum Gasteiger partial charge on any atom is -0.497 e. The first-order valence-electron chi connectivity index (χ1n) is 4.11. The Morgan fingerprint density at radius 3 is 2.62 bits per heavy atom. The molecule has 0 atom stereocenters. The number of ether oxygens (including phenoxy) is 1. The van der Waals surface area contributed by atoms with Gasteiger partial charge in [-0.3, -0.25) is 0 Å². The number of hydrogen-bond donors (Lipinski definition) is 1. The van der Waals surface area contributed by atoms with Gasteiger partial charge in [-0.1, -0.05) is 12.1 Å². The molecule has 3 nitrogen and oxygen atoms in total. The average molecular weight is 176 g/mol. The minimum atomic E-state index is 0.683. The zero-order valence-electron chi connectivity index (χ0n) is 7.58. The number of nitrogens with one attached hydrogen (secondary N) is 1. The van der Waals surface area contributed by atoms with Gasteiger partial charge in [0.1, 0.15) is 5.75 Å². The number of rotatable bonds is 4. The van der Waals surface area contributed by atoms with Crippen molar-refractivity contribution in [2.24, 2.45) is 0 Å². The third-order valence-electron chi connectivity index (χ3n) is 1.78. The van der Waals surface area contributed by atoms with Crippen LogP contribution in [0.3, 0.4) is 0 Å². The number of nitriles is 1. The van der Waals surface area contributed by atoms with Gasteiger partial charge in [0.15, 0.2) is 6.19 Å². The lowest BCUT2D eigenvalue weighted by atomic mass is 10.1. The van der Waals surface area contributed by atoms with Crippen LogP contribution in [0, 0.1) is 11.5 Å². The molecule has 13 heavy (non-hydrogen) atoms. The first-order valence-corrected chi connectivity index (χ1v) is 4.11. The van der Waals surface area contributed by atoms with Crippen molar-refractivity contribution in [1.82, 2.24) is 5.32 Å². The fourth-order valence-electron chi connectivity index (χ4n) is 1.05. The van der Waals surface area contributed by atoms with Crippen LogP contribution in [-0.2, 0) is 6.42 Å². The van der Waals surface area contributed by atoms with Crippen LogP contribution in [-0.4, -0.2) is 13.7 Å². The summed E-state index contributed by atoms with van der Waals surface area (Å²) in [5, 5.41) is 10.8. The zero-order chi connectivity index (χ0) is 9.52. The molecule has 0 fully saturated rings. The second-order valence-electron chi connectivity index (χ2n) is 2.64. The van der Waals surface area contributed by atoms with E-state index in [9.17, 15) is 0 Å². The maximum atomic E-state index is 8.25. The van der Waals surface area contributed by atoms with E-state index < -0.39 is 0 Å². The monoisotopic (exact) mass is 176 g/mol. The summed E-state index contributed by atoms with van der Waals surface area (Å²) >= 11 is 0. The van der Waals surface area contributed by atoms with Gasteiger partial charge in [0.25, 0.3) is 0 Å². The van der Waals surface area contributed by atoms with E-state index >= 15 is 0 Å². The SMILES string of the molecule is COc1ccc(CCNC#N)cc1. The molecule has 0 saturated heterocycles. The standard InChI is InChI=1S/C10H12N2O/c1-13-10-4-2-9(3-5-10)6-7-12-8-11/h2-5,12H,6-7H2,1H3. The van der Waals surface area contributed by atoms with Crippen molar-refractivity contribution in [3.05, 3.63) is 29.8 Å². The highest BCUT2D eigenvalue weighted by molar-refractivity contribution is 5.27. The Hall–Kier alpha value is -1.69. The second kappa shape index (κ2) is 5.04. The van der Waals surface area contributed by atoms with E-state index in [1.165, 1.54) is 5.56 Å². The highest BCUT2D eigenvalue weighted by Crippen LogP contribution is 2.11. The van der Waals surface area contributed by atoms with Crippen LogP contribution in [0.2, 0.25) is 0 Å². The molecule has 1 aromatic carbocycles. The van der Waals surface area contributed by atoms with Crippen molar-refractivity contribution in [3.63, 3.8) is 0 Å². The normalized spacial score (nSPS) is 8.92. The van der Waals surface area contributed by atoms with Gasteiger partial charge in [0.05, 0.1) is 7.11 Å². The lowest BCUT2D eigenvalue weighted by Crippen LogP contribution is -2.09. The van der Waals surface area contributed by atoms with Crippen molar-refractivity contribution in [3.8, 4) is 11.9 Å². The molecule has 0 amide bonds. The Morgan fingerprint density at radius 1 is 1.38 bits per heavy atom. The zero-order valence-corrected chi connectivity index (χ0v) is 7.58. The predicted molar refractivity (Wildman–Crippen MR) is 50.3 cm³/mol. The van der Waals surface area contributed by atoms with E-state index in [0.717, 1.165) is 12.2 Å². The molecule has 0 aromatic heterocycles. The molecule has 1 N–H and O–H groups in total. The van der Waals surface area contributed by atoms with E-state index in [1.807, 2.05) is 30.5 Å². The molecule has 68 valence electrons. The number of hydrogen-bond acceptors (Lipinski definition) is 3. The smallest absolute Gasteiger partial charge is 0.176 e. The quantitative estimate of drug-likeness (QED) is 0.427. The van der Waals surface area contributed by atoms with E-state index in [0.29, 0.717) is 6.54 Å². The van der Waals surface area contributed by atoms with Crippen LogP contribution in [0.25, 0.3) is 0 Å². The molecule has 0 saturated carbocycles. The molecular weight excluding hydrogens is 164 g/mol. The van der Waals surface area contributed by atoms with Gasteiger partial charge in [-0.05, 0) is 24.1 Å². The lowest BCUT2D eigenvalue weighted by Gasteiger charge is -2.02. The average Bonchev–Trinajstić information content (AvgIpc) is 2.19. The maximum Gasteiger partial charge on any atom is 0.176 e. The Labute approximate surface area is 77.9 Å². The van der Waals surface area contributed by atoms with Gasteiger partial charge in [0, 0.05) is 6.54 Å². The van der Waals surface area contributed by atoms with Gasteiger partial charge < -0.3 is 10.1 Å². The molecule has 3 heteroatoms. The topological polar surface area (TPSA) is 45.0 Å². The third kappa shape index (κ3) is 3.04. The molecule has 0 aliphatic heterocycles. The number of benzene rings is 1. The first-order chi connectivity index (χ1) is 6.36. The highest BCUT2D eigenvalue weighted by atomic mass is 16.5. The van der Waals surface area contributed by atoms with Crippen LogP contribution in [0.5, 0.6) is 5.75 Å². The van der Waals surface area contributed by atoms with E-state index in [-0.39, 0.29) is 0 Å². The lowest BCUT2D eigenvalue weighted by molar-refractivity contribution is 0.414. The molecule has 1 aromatic rings. The maximum absolute atomic E-state index is 8.25. The van der Waals surface area contributed by atoms with Gasteiger partial charge in [0.2, 0.25) is 0 Å². The van der Waals surface area contributed by atoms with Crippen molar-refractivity contribution < 1.29 is 4.74 Å². The summed E-state index contributed by atoms with van der Waals surface area (Å²) in [6, 6.07) is 7.83. The Balaban J connectivity index is 2.45. The van der Waals surface area contributed by atoms with Crippen LogP contribution in [0.15, 0.2) is 24.3 Å². The van der Waals surface area contributed by atoms with E-state index in [4.69, 9.17) is 10.00 Å². The fraction of sp³-hybridized carbons (Fsp3) is 0.300. The van der Waals surface area contributed by atoms with Gasteiger partial charge in [-0.2, -0.15) is 5.26 Å². The summed E-state index contributed by atoms with van der Waals surface area (Å²) in [5.41, 5.74) is 1.20. The van der Waals surface area contributed by atoms with Gasteiger partial charge >= 0.3 is 0 Å². The predicted octanol–water partition coefficient (Wildman–Crippen LogP) is 1.31.